The van der Waals surface area contributed by atoms with Crippen LogP contribution in [0, 0.1) is 0 Å². The van der Waals surface area contributed by atoms with Crippen molar-refractivity contribution in [1.82, 2.24) is 5.32 Å². The van der Waals surface area contributed by atoms with Crippen LogP contribution in [0.2, 0.25) is 10.0 Å². The zero-order chi connectivity index (χ0) is 19.6. The standard InChI is InChI=1S/C17H28Cl2NO5P/c1-4-23-17(24-5-2)26(22,25-6-3)12-14(21)11-20-10-13-7-8-15(18)16(19)9-13/h7-9,14,17,20-21H,4-6,10-12H2,1-3H3. The molecule has 1 rings (SSSR count). The van der Waals surface area contributed by atoms with E-state index in [2.05, 4.69) is 5.32 Å². The van der Waals surface area contributed by atoms with Crippen LogP contribution in [-0.2, 0) is 25.1 Å². The molecule has 0 bridgehead atoms. The first-order valence-corrected chi connectivity index (χ1v) is 11.3. The van der Waals surface area contributed by atoms with Gasteiger partial charge >= 0.3 is 0 Å². The second kappa shape index (κ2) is 12.3. The van der Waals surface area contributed by atoms with Gasteiger partial charge in [-0.25, -0.2) is 0 Å². The molecule has 1 aromatic carbocycles. The first kappa shape index (κ1) is 23.9. The molecule has 0 aliphatic heterocycles. The summed E-state index contributed by atoms with van der Waals surface area (Å²) in [5.41, 5.74) is 0.932. The highest BCUT2D eigenvalue weighted by atomic mass is 35.5. The molecule has 0 heterocycles. The number of benzene rings is 1. The predicted octanol–water partition coefficient (Wildman–Crippen LogP) is 4.12. The van der Waals surface area contributed by atoms with Gasteiger partial charge in [-0.1, -0.05) is 29.3 Å². The van der Waals surface area contributed by atoms with E-state index >= 15 is 0 Å². The van der Waals surface area contributed by atoms with Gasteiger partial charge in [0.05, 0.1) is 28.9 Å². The van der Waals surface area contributed by atoms with Gasteiger partial charge in [-0.15, -0.1) is 0 Å². The molecule has 0 amide bonds. The number of aliphatic hydroxyl groups is 1. The maximum absolute atomic E-state index is 13.1. The normalized spacial score (nSPS) is 15.2. The van der Waals surface area contributed by atoms with Crippen molar-refractivity contribution in [2.45, 2.75) is 39.5 Å². The predicted molar refractivity (Wildman–Crippen MR) is 105 cm³/mol. The van der Waals surface area contributed by atoms with Crippen molar-refractivity contribution in [3.63, 3.8) is 0 Å². The largest absolute Gasteiger partial charge is 0.391 e. The molecule has 0 spiro atoms. The third-order valence-corrected chi connectivity index (χ3v) is 6.75. The SMILES string of the molecule is CCOC(OCC)P(=O)(CC(O)CNCc1ccc(Cl)c(Cl)c1)OCC. The van der Waals surface area contributed by atoms with Crippen LogP contribution in [0.5, 0.6) is 0 Å². The lowest BCUT2D eigenvalue weighted by Gasteiger charge is -2.28. The topological polar surface area (TPSA) is 77.0 Å². The van der Waals surface area contributed by atoms with Crippen molar-refractivity contribution in [1.29, 1.82) is 0 Å². The lowest BCUT2D eigenvalue weighted by molar-refractivity contribution is -0.0894. The average Bonchev–Trinajstić information content (AvgIpc) is 2.58. The van der Waals surface area contributed by atoms with E-state index in [9.17, 15) is 9.67 Å². The van der Waals surface area contributed by atoms with E-state index < -0.39 is 19.5 Å². The van der Waals surface area contributed by atoms with Crippen LogP contribution in [0.25, 0.3) is 0 Å². The second-order valence-corrected chi connectivity index (χ2v) is 8.89. The molecule has 2 N–H and O–H groups in total. The maximum Gasteiger partial charge on any atom is 0.260 e. The molecule has 9 heteroatoms. The van der Waals surface area contributed by atoms with Gasteiger partial charge in [0, 0.05) is 26.3 Å². The van der Waals surface area contributed by atoms with E-state index in [4.69, 9.17) is 37.2 Å². The Morgan fingerprint density at radius 2 is 1.77 bits per heavy atom. The summed E-state index contributed by atoms with van der Waals surface area (Å²) in [6, 6.07) is 4.35. The van der Waals surface area contributed by atoms with Crippen LogP contribution >= 0.6 is 30.6 Å². The van der Waals surface area contributed by atoms with Crippen molar-refractivity contribution < 1.29 is 23.7 Å². The summed E-state index contributed by atoms with van der Waals surface area (Å²) in [4.78, 5) is 0. The molecule has 0 aromatic heterocycles. The molecule has 1 aromatic rings. The third kappa shape index (κ3) is 7.83. The fourth-order valence-corrected chi connectivity index (χ4v) is 5.00. The third-order valence-electron chi connectivity index (χ3n) is 3.45. The minimum atomic E-state index is -3.32. The van der Waals surface area contributed by atoms with E-state index in [0.29, 0.717) is 29.8 Å². The summed E-state index contributed by atoms with van der Waals surface area (Å²) in [6.07, 6.45) is -0.932. The highest BCUT2D eigenvalue weighted by Crippen LogP contribution is 2.53. The first-order valence-electron chi connectivity index (χ1n) is 8.65. The fraction of sp³-hybridized carbons (Fsp3) is 0.647. The van der Waals surface area contributed by atoms with Crippen molar-refractivity contribution in [2.24, 2.45) is 0 Å². The van der Waals surface area contributed by atoms with Crippen LogP contribution in [0.15, 0.2) is 18.2 Å². The van der Waals surface area contributed by atoms with Crippen molar-refractivity contribution in [3.8, 4) is 0 Å². The molecule has 0 saturated heterocycles. The van der Waals surface area contributed by atoms with Crippen LogP contribution in [0.3, 0.4) is 0 Å². The van der Waals surface area contributed by atoms with Gasteiger partial charge in [-0.3, -0.25) is 4.57 Å². The van der Waals surface area contributed by atoms with Gasteiger partial charge in [0.1, 0.15) is 0 Å². The minimum Gasteiger partial charge on any atom is -0.391 e. The molecule has 0 saturated carbocycles. The Bertz CT molecular complexity index is 584. The highest BCUT2D eigenvalue weighted by Gasteiger charge is 2.37. The van der Waals surface area contributed by atoms with E-state index in [0.717, 1.165) is 5.56 Å². The lowest BCUT2D eigenvalue weighted by Crippen LogP contribution is -2.32. The number of ether oxygens (including phenoxy) is 2. The molecule has 0 fully saturated rings. The summed E-state index contributed by atoms with van der Waals surface area (Å²) >= 11 is 11.9. The lowest BCUT2D eigenvalue weighted by atomic mass is 10.2. The Kier molecular flexibility index (Phi) is 11.3. The number of rotatable bonds is 13. The van der Waals surface area contributed by atoms with Gasteiger partial charge < -0.3 is 24.4 Å². The smallest absolute Gasteiger partial charge is 0.260 e. The fourth-order valence-electron chi connectivity index (χ4n) is 2.37. The van der Waals surface area contributed by atoms with Crippen molar-refractivity contribution >= 4 is 30.6 Å². The molecule has 26 heavy (non-hydrogen) atoms. The number of nitrogens with one attached hydrogen (secondary N) is 1. The molecule has 0 radical (unpaired) electrons. The molecule has 2 unspecified atom stereocenters. The zero-order valence-electron chi connectivity index (χ0n) is 15.4. The van der Waals surface area contributed by atoms with Crippen LogP contribution in [0.4, 0.5) is 0 Å². The maximum atomic E-state index is 13.1. The highest BCUT2D eigenvalue weighted by molar-refractivity contribution is 7.59. The number of hydrogen-bond donors (Lipinski definition) is 2. The van der Waals surface area contributed by atoms with E-state index in [1.165, 1.54) is 0 Å². The molecule has 2 atom stereocenters. The second-order valence-electron chi connectivity index (χ2n) is 5.58. The van der Waals surface area contributed by atoms with Gasteiger partial charge in [-0.05, 0) is 38.5 Å². The molecular weight excluding hydrogens is 400 g/mol. The number of aliphatic hydroxyl groups excluding tert-OH is 1. The van der Waals surface area contributed by atoms with Gasteiger partial charge in [0.2, 0.25) is 6.03 Å². The van der Waals surface area contributed by atoms with Gasteiger partial charge in [0.15, 0.2) is 0 Å². The Hall–Kier alpha value is -0.170. The molecule has 0 aliphatic rings. The Labute approximate surface area is 165 Å². The summed E-state index contributed by atoms with van der Waals surface area (Å²) in [5, 5.41) is 14.4. The van der Waals surface area contributed by atoms with Crippen LogP contribution < -0.4 is 5.32 Å². The summed E-state index contributed by atoms with van der Waals surface area (Å²) in [5.74, 6) is 0. The molecule has 150 valence electrons. The van der Waals surface area contributed by atoms with Crippen molar-refractivity contribution in [3.05, 3.63) is 33.8 Å². The monoisotopic (exact) mass is 427 g/mol. The number of halogens is 2. The summed E-state index contributed by atoms with van der Waals surface area (Å²) in [6.45, 7) is 6.99. The average molecular weight is 428 g/mol. The Balaban J connectivity index is 2.61. The van der Waals surface area contributed by atoms with Crippen LogP contribution in [0.1, 0.15) is 26.3 Å². The zero-order valence-corrected chi connectivity index (χ0v) is 17.8. The molecule has 0 aliphatic carbocycles. The quantitative estimate of drug-likeness (QED) is 0.364. The van der Waals surface area contributed by atoms with Crippen molar-refractivity contribution in [2.75, 3.05) is 32.5 Å². The Morgan fingerprint density at radius 3 is 2.31 bits per heavy atom. The minimum absolute atomic E-state index is 0.0557. The van der Waals surface area contributed by atoms with E-state index in [1.54, 1.807) is 32.9 Å². The van der Waals surface area contributed by atoms with Gasteiger partial charge in [-0.2, -0.15) is 0 Å². The van der Waals surface area contributed by atoms with Crippen LogP contribution in [-0.4, -0.2) is 49.8 Å². The first-order chi connectivity index (χ1) is 12.4. The molecule has 6 nitrogen and oxygen atoms in total. The van der Waals surface area contributed by atoms with E-state index in [1.807, 2.05) is 6.07 Å². The van der Waals surface area contributed by atoms with Gasteiger partial charge in [0.25, 0.3) is 7.37 Å². The number of hydrogen-bond acceptors (Lipinski definition) is 6. The molecular formula is C17H28Cl2NO5P. The van der Waals surface area contributed by atoms with E-state index in [-0.39, 0.29) is 19.3 Å². The summed E-state index contributed by atoms with van der Waals surface area (Å²) < 4.78 is 29.4. The summed E-state index contributed by atoms with van der Waals surface area (Å²) in [7, 11) is -3.32. The Morgan fingerprint density at radius 1 is 1.12 bits per heavy atom.